The topological polar surface area (TPSA) is 116 Å². The maximum Gasteiger partial charge on any atom is 0.335 e. The summed E-state index contributed by atoms with van der Waals surface area (Å²) in [6.45, 7) is 3.34. The first-order chi connectivity index (χ1) is 7.34. The number of carboxylic acids is 1. The highest BCUT2D eigenvalue weighted by Crippen LogP contribution is 2.23. The largest absolute Gasteiger partial charge is 0.479 e. The van der Waals surface area contributed by atoms with Crippen LogP contribution in [0.25, 0.3) is 0 Å². The molecule has 0 spiro atoms. The summed E-state index contributed by atoms with van der Waals surface area (Å²) >= 11 is 0. The predicted molar refractivity (Wildman–Crippen MR) is 50.5 cm³/mol. The zero-order valence-electron chi connectivity index (χ0n) is 8.98. The minimum Gasteiger partial charge on any atom is -0.479 e. The smallest absolute Gasteiger partial charge is 0.335 e. The molecule has 3 unspecified atom stereocenters. The molecule has 4 N–H and O–H groups in total. The normalized spacial score (nSPS) is 40.0. The van der Waals surface area contributed by atoms with Gasteiger partial charge >= 0.3 is 5.97 Å². The van der Waals surface area contributed by atoms with Crippen LogP contribution in [-0.4, -0.2) is 63.2 Å². The minimum atomic E-state index is -1.68. The number of rotatable bonds is 3. The second-order valence-corrected chi connectivity index (χ2v) is 3.92. The maximum absolute atomic E-state index is 10.7. The van der Waals surface area contributed by atoms with E-state index in [-0.39, 0.29) is 6.10 Å². The van der Waals surface area contributed by atoms with Gasteiger partial charge in [0.15, 0.2) is 12.4 Å². The van der Waals surface area contributed by atoms with Gasteiger partial charge in [0.2, 0.25) is 0 Å². The number of hydrogen-bond acceptors (Lipinski definition) is 6. The Labute approximate surface area is 92.2 Å². The molecule has 7 heteroatoms. The second-order valence-electron chi connectivity index (χ2n) is 3.92. The summed E-state index contributed by atoms with van der Waals surface area (Å²) in [5.41, 5.74) is 0. The van der Waals surface area contributed by atoms with Gasteiger partial charge in [-0.05, 0) is 13.8 Å². The molecule has 7 nitrogen and oxygen atoms in total. The molecule has 1 saturated heterocycles. The molecule has 0 aromatic carbocycles. The first-order valence-electron chi connectivity index (χ1n) is 4.92. The van der Waals surface area contributed by atoms with Gasteiger partial charge in [0, 0.05) is 0 Å². The number of hydrogen-bond donors (Lipinski definition) is 4. The molecule has 1 fully saturated rings. The Morgan fingerprint density at radius 2 is 1.75 bits per heavy atom. The van der Waals surface area contributed by atoms with E-state index in [2.05, 4.69) is 0 Å². The SMILES string of the molecule is CC(C)OC1OC(C(=O)O)[C@@H](O)C(O)[C@@H]1O. The van der Waals surface area contributed by atoms with Crippen LogP contribution in [0, 0.1) is 0 Å². The van der Waals surface area contributed by atoms with E-state index < -0.39 is 36.7 Å². The van der Waals surface area contributed by atoms with Gasteiger partial charge in [-0.2, -0.15) is 0 Å². The number of carbonyl (C=O) groups is 1. The van der Waals surface area contributed by atoms with Crippen LogP contribution in [0.15, 0.2) is 0 Å². The van der Waals surface area contributed by atoms with Gasteiger partial charge in [0.05, 0.1) is 6.10 Å². The fraction of sp³-hybridized carbons (Fsp3) is 0.889. The van der Waals surface area contributed by atoms with Gasteiger partial charge in [0.25, 0.3) is 0 Å². The molecule has 0 bridgehead atoms. The molecule has 0 saturated carbocycles. The molecule has 0 aromatic rings. The van der Waals surface area contributed by atoms with Crippen molar-refractivity contribution in [1.82, 2.24) is 0 Å². The average Bonchev–Trinajstić information content (AvgIpc) is 2.18. The summed E-state index contributed by atoms with van der Waals surface area (Å²) < 4.78 is 9.97. The van der Waals surface area contributed by atoms with E-state index in [0.717, 1.165) is 0 Å². The first-order valence-corrected chi connectivity index (χ1v) is 4.92. The third-order valence-electron chi connectivity index (χ3n) is 2.22. The van der Waals surface area contributed by atoms with Crippen molar-refractivity contribution < 1.29 is 34.7 Å². The van der Waals surface area contributed by atoms with Gasteiger partial charge in [-0.15, -0.1) is 0 Å². The summed E-state index contributed by atoms with van der Waals surface area (Å²) in [6, 6.07) is 0. The van der Waals surface area contributed by atoms with Crippen LogP contribution < -0.4 is 0 Å². The molecule has 0 aliphatic carbocycles. The highest BCUT2D eigenvalue weighted by Gasteiger charge is 2.47. The third-order valence-corrected chi connectivity index (χ3v) is 2.22. The molecule has 5 atom stereocenters. The molecular weight excluding hydrogens is 220 g/mol. The summed E-state index contributed by atoms with van der Waals surface area (Å²) in [4.78, 5) is 10.7. The molecule has 94 valence electrons. The van der Waals surface area contributed by atoms with Crippen molar-refractivity contribution in [2.24, 2.45) is 0 Å². The molecule has 1 heterocycles. The summed E-state index contributed by atoms with van der Waals surface area (Å²) in [5.74, 6) is -1.42. The Hall–Kier alpha value is -0.730. The van der Waals surface area contributed by atoms with Crippen molar-refractivity contribution in [2.45, 2.75) is 50.7 Å². The standard InChI is InChI=1S/C9H16O7/c1-3(2)15-9-6(12)4(10)5(11)7(16-9)8(13)14/h3-7,9-12H,1-2H3,(H,13,14)/t4?,5-,6-,7?,9?/m0/s1. The van der Waals surface area contributed by atoms with E-state index in [0.29, 0.717) is 0 Å². The second kappa shape index (κ2) is 5.07. The Balaban J connectivity index is 2.77. The molecule has 16 heavy (non-hydrogen) atoms. The van der Waals surface area contributed by atoms with Crippen LogP contribution in [0.1, 0.15) is 13.8 Å². The zero-order chi connectivity index (χ0) is 12.5. The number of aliphatic carboxylic acids is 1. The van der Waals surface area contributed by atoms with E-state index in [1.54, 1.807) is 13.8 Å². The van der Waals surface area contributed by atoms with Gasteiger partial charge in [-0.1, -0.05) is 0 Å². The Morgan fingerprint density at radius 1 is 1.19 bits per heavy atom. The van der Waals surface area contributed by atoms with Crippen LogP contribution >= 0.6 is 0 Å². The van der Waals surface area contributed by atoms with E-state index in [4.69, 9.17) is 14.6 Å². The van der Waals surface area contributed by atoms with E-state index in [1.807, 2.05) is 0 Å². The molecule has 0 aromatic heterocycles. The Morgan fingerprint density at radius 3 is 2.19 bits per heavy atom. The summed E-state index contributed by atoms with van der Waals surface area (Å²) in [7, 11) is 0. The van der Waals surface area contributed by atoms with Gasteiger partial charge in [-0.3, -0.25) is 0 Å². The van der Waals surface area contributed by atoms with Crippen molar-refractivity contribution in [1.29, 1.82) is 0 Å². The highest BCUT2D eigenvalue weighted by atomic mass is 16.7. The lowest BCUT2D eigenvalue weighted by Gasteiger charge is -2.39. The highest BCUT2D eigenvalue weighted by molar-refractivity contribution is 5.73. The van der Waals surface area contributed by atoms with Crippen molar-refractivity contribution >= 4 is 5.97 Å². The van der Waals surface area contributed by atoms with Gasteiger partial charge < -0.3 is 29.9 Å². The van der Waals surface area contributed by atoms with Crippen molar-refractivity contribution in [2.75, 3.05) is 0 Å². The fourth-order valence-corrected chi connectivity index (χ4v) is 1.43. The van der Waals surface area contributed by atoms with Crippen molar-refractivity contribution in [3.63, 3.8) is 0 Å². The first kappa shape index (κ1) is 13.3. The number of aliphatic hydroxyl groups excluding tert-OH is 3. The molecule has 1 aliphatic heterocycles. The summed E-state index contributed by atoms with van der Waals surface area (Å²) in [5, 5.41) is 37.0. The lowest BCUT2D eigenvalue weighted by Crippen LogP contribution is -2.60. The summed E-state index contributed by atoms with van der Waals surface area (Å²) in [6.07, 6.45) is -7.95. The third kappa shape index (κ3) is 2.69. The lowest BCUT2D eigenvalue weighted by atomic mass is 9.99. The zero-order valence-corrected chi connectivity index (χ0v) is 8.98. The average molecular weight is 236 g/mol. The monoisotopic (exact) mass is 236 g/mol. The van der Waals surface area contributed by atoms with E-state index in [9.17, 15) is 20.1 Å². The van der Waals surface area contributed by atoms with Crippen LogP contribution in [0.5, 0.6) is 0 Å². The molecule has 1 aliphatic rings. The quantitative estimate of drug-likeness (QED) is 0.461. The van der Waals surface area contributed by atoms with Gasteiger partial charge in [0.1, 0.15) is 18.3 Å². The Kier molecular flexibility index (Phi) is 4.22. The number of aliphatic hydroxyl groups is 3. The fourth-order valence-electron chi connectivity index (χ4n) is 1.43. The van der Waals surface area contributed by atoms with Gasteiger partial charge in [-0.25, -0.2) is 4.79 Å². The molecular formula is C9H16O7. The lowest BCUT2D eigenvalue weighted by molar-refractivity contribution is -0.301. The molecule has 0 radical (unpaired) electrons. The number of carboxylic acid groups (broad SMARTS) is 1. The van der Waals surface area contributed by atoms with E-state index >= 15 is 0 Å². The minimum absolute atomic E-state index is 0.309. The Bertz CT molecular complexity index is 254. The van der Waals surface area contributed by atoms with Crippen LogP contribution in [0.3, 0.4) is 0 Å². The molecule has 1 rings (SSSR count). The molecule has 0 amide bonds. The van der Waals surface area contributed by atoms with Crippen LogP contribution in [-0.2, 0) is 14.3 Å². The predicted octanol–water partition coefficient (Wildman–Crippen LogP) is -1.70. The van der Waals surface area contributed by atoms with Crippen molar-refractivity contribution in [3.05, 3.63) is 0 Å². The maximum atomic E-state index is 10.7. The van der Waals surface area contributed by atoms with Crippen LogP contribution in [0.2, 0.25) is 0 Å². The van der Waals surface area contributed by atoms with E-state index in [1.165, 1.54) is 0 Å². The van der Waals surface area contributed by atoms with Crippen molar-refractivity contribution in [3.8, 4) is 0 Å². The van der Waals surface area contributed by atoms with Crippen LogP contribution in [0.4, 0.5) is 0 Å². The number of ether oxygens (including phenoxy) is 2.